The number of hydrogen-bond donors (Lipinski definition) is 1. The highest BCUT2D eigenvalue weighted by Gasteiger charge is 2.35. The highest BCUT2D eigenvalue weighted by molar-refractivity contribution is 14.1. The predicted octanol–water partition coefficient (Wildman–Crippen LogP) is 4.08. The van der Waals surface area contributed by atoms with Gasteiger partial charge in [-0.3, -0.25) is 14.6 Å². The van der Waals surface area contributed by atoms with Crippen molar-refractivity contribution in [1.29, 1.82) is 0 Å². The molecule has 1 amide bonds. The summed E-state index contributed by atoms with van der Waals surface area (Å²) >= 11 is 2.16. The van der Waals surface area contributed by atoms with E-state index in [1.807, 2.05) is 12.1 Å². The van der Waals surface area contributed by atoms with E-state index in [1.165, 1.54) is 11.6 Å². The first-order valence-electron chi connectivity index (χ1n) is 6.45. The number of nitrogens with one attached hydrogen (secondary N) is 1. The first-order valence-corrected chi connectivity index (χ1v) is 7.53. The van der Waals surface area contributed by atoms with Gasteiger partial charge in [0.15, 0.2) is 5.82 Å². The van der Waals surface area contributed by atoms with Crippen molar-refractivity contribution in [3.63, 3.8) is 0 Å². The number of anilines is 1. The lowest BCUT2D eigenvalue weighted by atomic mass is 10.2. The predicted molar refractivity (Wildman–Crippen MR) is 87.3 cm³/mol. The maximum atomic E-state index is 12.7. The standard InChI is InChI=1S/C14H10F3IN4O/c1-21-11(14(15,16)17)7-12(20-21)19-13(23)22-5-4-8-6-9(18)2-3-10(8)22/h2-7H,1H3,(H,19,20,23). The molecular weight excluding hydrogens is 424 g/mol. The number of halogens is 4. The average molecular weight is 434 g/mol. The molecule has 0 unspecified atom stereocenters. The van der Waals surface area contributed by atoms with E-state index >= 15 is 0 Å². The van der Waals surface area contributed by atoms with E-state index in [4.69, 9.17) is 0 Å². The molecule has 0 bridgehead atoms. The van der Waals surface area contributed by atoms with Crippen LogP contribution in [-0.2, 0) is 13.2 Å². The highest BCUT2D eigenvalue weighted by Crippen LogP contribution is 2.30. The van der Waals surface area contributed by atoms with Crippen LogP contribution in [0.2, 0.25) is 0 Å². The lowest BCUT2D eigenvalue weighted by molar-refractivity contribution is -0.143. The van der Waals surface area contributed by atoms with Gasteiger partial charge in [-0.15, -0.1) is 0 Å². The molecule has 2 aromatic heterocycles. The molecule has 3 rings (SSSR count). The minimum Gasteiger partial charge on any atom is -0.290 e. The summed E-state index contributed by atoms with van der Waals surface area (Å²) in [4.78, 5) is 12.3. The van der Waals surface area contributed by atoms with E-state index in [-0.39, 0.29) is 5.82 Å². The number of nitrogens with zero attached hydrogens (tertiary/aromatic N) is 3. The van der Waals surface area contributed by atoms with Gasteiger partial charge in [0.1, 0.15) is 5.69 Å². The summed E-state index contributed by atoms with van der Waals surface area (Å²) in [6.45, 7) is 0. The van der Waals surface area contributed by atoms with Gasteiger partial charge < -0.3 is 0 Å². The molecule has 0 aliphatic carbocycles. The molecule has 3 aromatic rings. The second-order valence-electron chi connectivity index (χ2n) is 4.86. The minimum absolute atomic E-state index is 0.155. The Bertz CT molecular complexity index is 897. The molecule has 0 aliphatic heterocycles. The SMILES string of the molecule is Cn1nc(NC(=O)n2ccc3cc(I)ccc32)cc1C(F)(F)F. The second kappa shape index (κ2) is 5.55. The van der Waals surface area contributed by atoms with Crippen molar-refractivity contribution in [3.8, 4) is 0 Å². The third-order valence-electron chi connectivity index (χ3n) is 3.28. The third-order valence-corrected chi connectivity index (χ3v) is 3.95. The Labute approximate surface area is 142 Å². The lowest BCUT2D eigenvalue weighted by Crippen LogP contribution is -2.18. The normalized spacial score (nSPS) is 11.9. The molecule has 0 fully saturated rings. The smallest absolute Gasteiger partial charge is 0.290 e. The van der Waals surface area contributed by atoms with E-state index in [1.54, 1.807) is 18.3 Å². The molecular formula is C14H10F3IN4O. The topological polar surface area (TPSA) is 51.9 Å². The zero-order valence-corrected chi connectivity index (χ0v) is 13.9. The first kappa shape index (κ1) is 15.8. The quantitative estimate of drug-likeness (QED) is 0.588. The molecule has 1 aromatic carbocycles. The number of fused-ring (bicyclic) bond motifs is 1. The fraction of sp³-hybridized carbons (Fsp3) is 0.143. The van der Waals surface area contributed by atoms with Crippen molar-refractivity contribution in [3.05, 3.63) is 45.8 Å². The number of aromatic nitrogens is 3. The molecule has 1 N–H and O–H groups in total. The number of carbonyl (C=O) groups is 1. The van der Waals surface area contributed by atoms with Crippen LogP contribution in [0.15, 0.2) is 36.5 Å². The van der Waals surface area contributed by atoms with Crippen molar-refractivity contribution in [2.24, 2.45) is 7.05 Å². The molecule has 0 atom stereocenters. The summed E-state index contributed by atoms with van der Waals surface area (Å²) in [7, 11) is 1.17. The van der Waals surface area contributed by atoms with Crippen LogP contribution in [0.4, 0.5) is 23.8 Å². The molecule has 0 radical (unpaired) electrons. The van der Waals surface area contributed by atoms with Gasteiger partial charge in [0.2, 0.25) is 0 Å². The average Bonchev–Trinajstić information content (AvgIpc) is 3.01. The number of carbonyl (C=O) groups excluding carboxylic acids is 1. The molecule has 0 saturated heterocycles. The molecule has 120 valence electrons. The van der Waals surface area contributed by atoms with Crippen molar-refractivity contribution >= 4 is 45.3 Å². The van der Waals surface area contributed by atoms with E-state index in [2.05, 4.69) is 33.0 Å². The van der Waals surface area contributed by atoms with E-state index < -0.39 is 17.9 Å². The van der Waals surface area contributed by atoms with Crippen molar-refractivity contribution in [2.45, 2.75) is 6.18 Å². The summed E-state index contributed by atoms with van der Waals surface area (Å²) in [6, 6.07) is 7.50. The Hall–Kier alpha value is -2.04. The summed E-state index contributed by atoms with van der Waals surface area (Å²) in [5, 5.41) is 6.91. The molecule has 0 saturated carbocycles. The molecule has 2 heterocycles. The summed E-state index contributed by atoms with van der Waals surface area (Å²) in [5.74, 6) is -0.155. The minimum atomic E-state index is -4.53. The Morgan fingerprint density at radius 1 is 1.26 bits per heavy atom. The zero-order valence-electron chi connectivity index (χ0n) is 11.7. The van der Waals surface area contributed by atoms with Crippen LogP contribution in [0.25, 0.3) is 10.9 Å². The van der Waals surface area contributed by atoms with Crippen molar-refractivity contribution in [1.82, 2.24) is 14.3 Å². The summed E-state index contributed by atoms with van der Waals surface area (Å²) in [5.41, 5.74) is -0.269. The van der Waals surface area contributed by atoms with Crippen LogP contribution in [0.3, 0.4) is 0 Å². The third kappa shape index (κ3) is 3.05. The van der Waals surface area contributed by atoms with Gasteiger partial charge in [-0.1, -0.05) is 0 Å². The Kier molecular flexibility index (Phi) is 3.82. The van der Waals surface area contributed by atoms with Crippen LogP contribution >= 0.6 is 22.6 Å². The summed E-state index contributed by atoms with van der Waals surface area (Å²) < 4.78 is 41.3. The molecule has 0 spiro atoms. The van der Waals surface area contributed by atoms with E-state index in [0.717, 1.165) is 15.0 Å². The Morgan fingerprint density at radius 3 is 2.65 bits per heavy atom. The number of hydrogen-bond acceptors (Lipinski definition) is 2. The van der Waals surface area contributed by atoms with Crippen LogP contribution in [0.5, 0.6) is 0 Å². The van der Waals surface area contributed by atoms with E-state index in [0.29, 0.717) is 10.2 Å². The van der Waals surface area contributed by atoms with Crippen LogP contribution in [-0.4, -0.2) is 20.4 Å². The fourth-order valence-electron chi connectivity index (χ4n) is 2.25. The van der Waals surface area contributed by atoms with Crippen LogP contribution < -0.4 is 5.32 Å². The van der Waals surface area contributed by atoms with Gasteiger partial charge in [-0.05, 0) is 46.9 Å². The number of alkyl halides is 3. The fourth-order valence-corrected chi connectivity index (χ4v) is 2.77. The van der Waals surface area contributed by atoms with Crippen molar-refractivity contribution < 1.29 is 18.0 Å². The number of amides is 1. The molecule has 0 aliphatic rings. The van der Waals surface area contributed by atoms with Gasteiger partial charge in [-0.2, -0.15) is 18.3 Å². The molecule has 5 nitrogen and oxygen atoms in total. The first-order chi connectivity index (χ1) is 10.8. The molecule has 9 heteroatoms. The summed E-state index contributed by atoms with van der Waals surface area (Å²) in [6.07, 6.45) is -2.97. The van der Waals surface area contributed by atoms with Gasteiger partial charge in [-0.25, -0.2) is 4.79 Å². The highest BCUT2D eigenvalue weighted by atomic mass is 127. The van der Waals surface area contributed by atoms with Crippen LogP contribution in [0.1, 0.15) is 5.69 Å². The Morgan fingerprint density at radius 2 is 2.00 bits per heavy atom. The number of rotatable bonds is 1. The van der Waals surface area contributed by atoms with Gasteiger partial charge in [0.25, 0.3) is 0 Å². The van der Waals surface area contributed by atoms with Crippen LogP contribution in [0, 0.1) is 3.57 Å². The Balaban J connectivity index is 1.89. The van der Waals surface area contributed by atoms with Gasteiger partial charge in [0, 0.05) is 28.3 Å². The number of aryl methyl sites for hydroxylation is 1. The molecule has 23 heavy (non-hydrogen) atoms. The van der Waals surface area contributed by atoms with Gasteiger partial charge in [0.05, 0.1) is 5.52 Å². The maximum absolute atomic E-state index is 12.7. The maximum Gasteiger partial charge on any atom is 0.433 e. The zero-order chi connectivity index (χ0) is 16.8. The van der Waals surface area contributed by atoms with Crippen molar-refractivity contribution in [2.75, 3.05) is 5.32 Å². The second-order valence-corrected chi connectivity index (χ2v) is 6.10. The van der Waals surface area contributed by atoms with Gasteiger partial charge >= 0.3 is 12.2 Å². The lowest BCUT2D eigenvalue weighted by Gasteiger charge is -2.04. The monoisotopic (exact) mass is 434 g/mol. The largest absolute Gasteiger partial charge is 0.433 e. The number of benzene rings is 1. The van der Waals surface area contributed by atoms with E-state index in [9.17, 15) is 18.0 Å².